The van der Waals surface area contributed by atoms with Gasteiger partial charge in [0.1, 0.15) is 0 Å². The molecule has 0 aliphatic carbocycles. The van der Waals surface area contributed by atoms with Gasteiger partial charge in [-0.2, -0.15) is 11.3 Å². The Morgan fingerprint density at radius 1 is 1.83 bits per heavy atom. The first kappa shape index (κ1) is 9.02. The molecule has 0 bridgehead atoms. The van der Waals surface area contributed by atoms with E-state index in [-0.39, 0.29) is 12.6 Å². The Kier molecular flexibility index (Phi) is 3.07. The van der Waals surface area contributed by atoms with Crippen LogP contribution in [0.4, 0.5) is 4.79 Å². The van der Waals surface area contributed by atoms with E-state index in [4.69, 9.17) is 10.8 Å². The number of carboxylic acid groups (broad SMARTS) is 1. The Hall–Kier alpha value is -1.07. The summed E-state index contributed by atoms with van der Waals surface area (Å²) in [4.78, 5) is 10.1. The molecule has 0 aromatic carbocycles. The molecular formula is C7H10N2O2S. The Labute approximate surface area is 74.0 Å². The number of rotatable bonds is 3. The molecule has 0 fully saturated rings. The molecule has 1 atom stereocenters. The Morgan fingerprint density at radius 3 is 3.08 bits per heavy atom. The second-order valence-electron chi connectivity index (χ2n) is 2.35. The van der Waals surface area contributed by atoms with Gasteiger partial charge in [-0.05, 0) is 22.4 Å². The second kappa shape index (κ2) is 4.08. The molecule has 1 aromatic heterocycles. The highest BCUT2D eigenvalue weighted by Crippen LogP contribution is 2.12. The number of hydrogen-bond acceptors (Lipinski definition) is 3. The van der Waals surface area contributed by atoms with Crippen LogP contribution in [0.2, 0.25) is 0 Å². The van der Waals surface area contributed by atoms with Crippen molar-refractivity contribution in [1.82, 2.24) is 5.32 Å². The molecule has 0 aliphatic heterocycles. The highest BCUT2D eigenvalue weighted by atomic mass is 32.1. The molecular weight excluding hydrogens is 176 g/mol. The number of nitrogens with two attached hydrogens (primary N) is 1. The first-order chi connectivity index (χ1) is 5.70. The molecule has 0 spiro atoms. The highest BCUT2D eigenvalue weighted by molar-refractivity contribution is 7.07. The largest absolute Gasteiger partial charge is 0.465 e. The topological polar surface area (TPSA) is 75.3 Å². The van der Waals surface area contributed by atoms with Gasteiger partial charge in [0.25, 0.3) is 0 Å². The lowest BCUT2D eigenvalue weighted by Gasteiger charge is -2.08. The minimum Gasteiger partial charge on any atom is -0.465 e. The Morgan fingerprint density at radius 2 is 2.58 bits per heavy atom. The molecule has 0 saturated carbocycles. The van der Waals surface area contributed by atoms with Gasteiger partial charge < -0.3 is 16.2 Å². The average Bonchev–Trinajstić information content (AvgIpc) is 2.51. The standard InChI is InChI=1S/C7H10N2O2S/c8-6(3-9-7(10)11)5-1-2-12-4-5/h1-2,4,6,9H,3,8H2,(H,10,11). The third-order valence-electron chi connectivity index (χ3n) is 1.44. The SMILES string of the molecule is NC(CNC(=O)O)c1ccsc1. The van der Waals surface area contributed by atoms with Gasteiger partial charge in [0.05, 0.1) is 0 Å². The number of amides is 1. The van der Waals surface area contributed by atoms with Crippen molar-refractivity contribution in [2.24, 2.45) is 5.73 Å². The zero-order valence-corrected chi connectivity index (χ0v) is 7.17. The molecule has 1 unspecified atom stereocenters. The molecule has 4 nitrogen and oxygen atoms in total. The molecule has 0 aliphatic rings. The normalized spacial score (nSPS) is 12.4. The monoisotopic (exact) mass is 186 g/mol. The molecule has 1 rings (SSSR count). The first-order valence-corrected chi connectivity index (χ1v) is 4.39. The fourth-order valence-electron chi connectivity index (χ4n) is 0.801. The van der Waals surface area contributed by atoms with Crippen LogP contribution in [0.15, 0.2) is 16.8 Å². The van der Waals surface area contributed by atoms with E-state index in [1.54, 1.807) is 11.3 Å². The number of hydrogen-bond donors (Lipinski definition) is 3. The van der Waals surface area contributed by atoms with E-state index < -0.39 is 6.09 Å². The van der Waals surface area contributed by atoms with Crippen LogP contribution < -0.4 is 11.1 Å². The second-order valence-corrected chi connectivity index (χ2v) is 3.13. The van der Waals surface area contributed by atoms with Crippen molar-refractivity contribution in [2.75, 3.05) is 6.54 Å². The van der Waals surface area contributed by atoms with Gasteiger partial charge in [-0.1, -0.05) is 0 Å². The van der Waals surface area contributed by atoms with Gasteiger partial charge in [-0.25, -0.2) is 4.79 Å². The summed E-state index contributed by atoms with van der Waals surface area (Å²) >= 11 is 1.55. The van der Waals surface area contributed by atoms with Crippen LogP contribution in [-0.2, 0) is 0 Å². The molecule has 1 aromatic rings. The molecule has 4 N–H and O–H groups in total. The lowest BCUT2D eigenvalue weighted by Crippen LogP contribution is -2.30. The predicted octanol–water partition coefficient (Wildman–Crippen LogP) is 1.02. The van der Waals surface area contributed by atoms with Crippen molar-refractivity contribution in [3.05, 3.63) is 22.4 Å². The maximum atomic E-state index is 10.1. The zero-order valence-electron chi connectivity index (χ0n) is 6.36. The van der Waals surface area contributed by atoms with Crippen LogP contribution >= 0.6 is 11.3 Å². The van der Waals surface area contributed by atoms with E-state index in [1.807, 2.05) is 16.8 Å². The fraction of sp³-hybridized carbons (Fsp3) is 0.286. The fourth-order valence-corrected chi connectivity index (χ4v) is 1.53. The summed E-state index contributed by atoms with van der Waals surface area (Å²) in [6, 6.07) is 1.64. The van der Waals surface area contributed by atoms with E-state index in [0.717, 1.165) is 5.56 Å². The summed E-state index contributed by atoms with van der Waals surface area (Å²) < 4.78 is 0. The first-order valence-electron chi connectivity index (χ1n) is 3.44. The van der Waals surface area contributed by atoms with Gasteiger partial charge in [-0.15, -0.1) is 0 Å². The Balaban J connectivity index is 2.39. The maximum absolute atomic E-state index is 10.1. The molecule has 0 radical (unpaired) electrons. The summed E-state index contributed by atoms with van der Waals surface area (Å²) in [5, 5.41) is 14.3. The summed E-state index contributed by atoms with van der Waals surface area (Å²) in [6.07, 6.45) is -1.04. The van der Waals surface area contributed by atoms with Crippen molar-refractivity contribution < 1.29 is 9.90 Å². The van der Waals surface area contributed by atoms with E-state index >= 15 is 0 Å². The van der Waals surface area contributed by atoms with Crippen molar-refractivity contribution in [1.29, 1.82) is 0 Å². The quantitative estimate of drug-likeness (QED) is 0.659. The van der Waals surface area contributed by atoms with Crippen LogP contribution in [-0.4, -0.2) is 17.7 Å². The molecule has 0 saturated heterocycles. The van der Waals surface area contributed by atoms with E-state index in [9.17, 15) is 4.79 Å². The minimum absolute atomic E-state index is 0.243. The smallest absolute Gasteiger partial charge is 0.404 e. The molecule has 66 valence electrons. The van der Waals surface area contributed by atoms with Crippen LogP contribution in [0.25, 0.3) is 0 Å². The molecule has 12 heavy (non-hydrogen) atoms. The van der Waals surface area contributed by atoms with Crippen molar-refractivity contribution in [2.45, 2.75) is 6.04 Å². The highest BCUT2D eigenvalue weighted by Gasteiger charge is 2.06. The zero-order chi connectivity index (χ0) is 8.97. The molecule has 1 amide bonds. The van der Waals surface area contributed by atoms with Crippen LogP contribution in [0.5, 0.6) is 0 Å². The lowest BCUT2D eigenvalue weighted by molar-refractivity contribution is 0.193. The third kappa shape index (κ3) is 2.52. The van der Waals surface area contributed by atoms with E-state index in [1.165, 1.54) is 0 Å². The summed E-state index contributed by atoms with van der Waals surface area (Å²) in [7, 11) is 0. The molecule has 1 heterocycles. The number of thiophene rings is 1. The number of carbonyl (C=O) groups is 1. The average molecular weight is 186 g/mol. The van der Waals surface area contributed by atoms with Gasteiger partial charge in [-0.3, -0.25) is 0 Å². The van der Waals surface area contributed by atoms with Crippen LogP contribution in [0.3, 0.4) is 0 Å². The lowest BCUT2D eigenvalue weighted by atomic mass is 10.2. The van der Waals surface area contributed by atoms with Crippen molar-refractivity contribution >= 4 is 17.4 Å². The van der Waals surface area contributed by atoms with E-state index in [0.29, 0.717) is 0 Å². The summed E-state index contributed by atoms with van der Waals surface area (Å²) in [6.45, 7) is 0.256. The van der Waals surface area contributed by atoms with Crippen molar-refractivity contribution in [3.8, 4) is 0 Å². The van der Waals surface area contributed by atoms with Gasteiger partial charge >= 0.3 is 6.09 Å². The van der Waals surface area contributed by atoms with E-state index in [2.05, 4.69) is 5.32 Å². The summed E-state index contributed by atoms with van der Waals surface area (Å²) in [5.41, 5.74) is 6.64. The van der Waals surface area contributed by atoms with Gasteiger partial charge in [0, 0.05) is 12.6 Å². The number of nitrogens with one attached hydrogen (secondary N) is 1. The Bertz CT molecular complexity index is 248. The third-order valence-corrected chi connectivity index (χ3v) is 2.15. The molecule has 5 heteroatoms. The predicted molar refractivity (Wildman–Crippen MR) is 47.3 cm³/mol. The van der Waals surface area contributed by atoms with Crippen LogP contribution in [0.1, 0.15) is 11.6 Å². The van der Waals surface area contributed by atoms with Crippen molar-refractivity contribution in [3.63, 3.8) is 0 Å². The van der Waals surface area contributed by atoms with Crippen LogP contribution in [0, 0.1) is 0 Å². The summed E-state index contributed by atoms with van der Waals surface area (Å²) in [5.74, 6) is 0. The van der Waals surface area contributed by atoms with Gasteiger partial charge in [0.15, 0.2) is 0 Å². The minimum atomic E-state index is -1.04. The van der Waals surface area contributed by atoms with Gasteiger partial charge in [0.2, 0.25) is 0 Å². The maximum Gasteiger partial charge on any atom is 0.404 e.